The Morgan fingerprint density at radius 2 is 2.20 bits per heavy atom. The molecule has 3 atom stereocenters. The molecule has 20 heavy (non-hydrogen) atoms. The number of hydrogen-bond acceptors (Lipinski definition) is 4. The summed E-state index contributed by atoms with van der Waals surface area (Å²) >= 11 is 0. The van der Waals surface area contributed by atoms with Crippen LogP contribution in [0.2, 0.25) is 0 Å². The van der Waals surface area contributed by atoms with Crippen molar-refractivity contribution in [3.05, 3.63) is 24.3 Å². The number of carbonyl (C=O) groups is 2. The molecule has 5 heteroatoms. The van der Waals surface area contributed by atoms with Crippen LogP contribution in [0, 0.1) is 11.8 Å². The van der Waals surface area contributed by atoms with Crippen molar-refractivity contribution in [1.82, 2.24) is 0 Å². The second-order valence-electron chi connectivity index (χ2n) is 5.02. The van der Waals surface area contributed by atoms with Crippen LogP contribution in [-0.4, -0.2) is 29.9 Å². The molecule has 0 aromatic heterocycles. The summed E-state index contributed by atoms with van der Waals surface area (Å²) in [6.07, 6.45) is 4.41. The van der Waals surface area contributed by atoms with Crippen molar-refractivity contribution in [3.63, 3.8) is 0 Å². The van der Waals surface area contributed by atoms with Crippen LogP contribution >= 0.6 is 0 Å². The Bertz CT molecular complexity index is 399. The van der Waals surface area contributed by atoms with Gasteiger partial charge in [0.1, 0.15) is 0 Å². The van der Waals surface area contributed by atoms with Gasteiger partial charge < -0.3 is 14.6 Å². The van der Waals surface area contributed by atoms with E-state index in [0.29, 0.717) is 25.9 Å². The van der Waals surface area contributed by atoms with E-state index < -0.39 is 30.1 Å². The van der Waals surface area contributed by atoms with Gasteiger partial charge in [-0.2, -0.15) is 0 Å². The number of hydrogen-bond donors (Lipinski definition) is 1. The van der Waals surface area contributed by atoms with Gasteiger partial charge in [-0.3, -0.25) is 9.59 Å². The zero-order valence-electron chi connectivity index (χ0n) is 12.0. The normalized spacial score (nSPS) is 23.1. The summed E-state index contributed by atoms with van der Waals surface area (Å²) < 4.78 is 10.6. The van der Waals surface area contributed by atoms with Crippen LogP contribution in [0.25, 0.3) is 0 Å². The number of rotatable bonds is 7. The third-order valence-electron chi connectivity index (χ3n) is 3.11. The quantitative estimate of drug-likeness (QED) is 0.441. The largest absolute Gasteiger partial charge is 0.481 e. The van der Waals surface area contributed by atoms with Crippen molar-refractivity contribution in [2.24, 2.45) is 11.8 Å². The minimum absolute atomic E-state index is 0.314. The number of carboxylic acids is 1. The fourth-order valence-electron chi connectivity index (χ4n) is 2.03. The van der Waals surface area contributed by atoms with Crippen LogP contribution in [0.4, 0.5) is 0 Å². The standard InChI is InChI=1S/C15H22O5/c1-4-13(19-9-10(2)3)20-15(18)12-8-6-5-7-11(12)14(16)17/h6,8,11-13H,2,4-5,7,9H2,1,3H3,(H,16,17). The second kappa shape index (κ2) is 7.85. The van der Waals surface area contributed by atoms with Gasteiger partial charge in [0.15, 0.2) is 0 Å². The van der Waals surface area contributed by atoms with Gasteiger partial charge in [-0.25, -0.2) is 0 Å². The number of aliphatic carboxylic acids is 1. The molecule has 0 spiro atoms. The van der Waals surface area contributed by atoms with Crippen molar-refractivity contribution in [1.29, 1.82) is 0 Å². The highest BCUT2D eigenvalue weighted by atomic mass is 16.7. The monoisotopic (exact) mass is 282 g/mol. The van der Waals surface area contributed by atoms with Crippen LogP contribution in [0.5, 0.6) is 0 Å². The lowest BCUT2D eigenvalue weighted by Crippen LogP contribution is -2.34. The smallest absolute Gasteiger partial charge is 0.315 e. The van der Waals surface area contributed by atoms with E-state index >= 15 is 0 Å². The molecule has 0 fully saturated rings. The molecule has 0 saturated carbocycles. The molecule has 1 aliphatic rings. The molecule has 0 aliphatic heterocycles. The molecular formula is C15H22O5. The van der Waals surface area contributed by atoms with E-state index in [1.807, 2.05) is 19.9 Å². The van der Waals surface area contributed by atoms with E-state index in [9.17, 15) is 9.59 Å². The Labute approximate surface area is 119 Å². The number of ether oxygens (including phenoxy) is 2. The van der Waals surface area contributed by atoms with Gasteiger partial charge in [0.05, 0.1) is 18.4 Å². The Kier molecular flexibility index (Phi) is 6.45. The van der Waals surface area contributed by atoms with Gasteiger partial charge in [-0.15, -0.1) is 0 Å². The molecule has 1 N–H and O–H groups in total. The van der Waals surface area contributed by atoms with Crippen LogP contribution in [0.1, 0.15) is 33.1 Å². The van der Waals surface area contributed by atoms with Gasteiger partial charge in [0.25, 0.3) is 0 Å². The average Bonchev–Trinajstić information content (AvgIpc) is 2.42. The highest BCUT2D eigenvalue weighted by Crippen LogP contribution is 2.26. The molecule has 1 aliphatic carbocycles. The molecule has 0 saturated heterocycles. The molecule has 5 nitrogen and oxygen atoms in total. The maximum Gasteiger partial charge on any atom is 0.315 e. The minimum atomic E-state index is -0.966. The zero-order chi connectivity index (χ0) is 15.1. The maximum absolute atomic E-state index is 12.1. The first kappa shape index (κ1) is 16.4. The van der Waals surface area contributed by atoms with Crippen molar-refractivity contribution in [3.8, 4) is 0 Å². The molecular weight excluding hydrogens is 260 g/mol. The molecule has 0 aromatic rings. The summed E-state index contributed by atoms with van der Waals surface area (Å²) in [7, 11) is 0. The highest BCUT2D eigenvalue weighted by Gasteiger charge is 2.35. The summed E-state index contributed by atoms with van der Waals surface area (Å²) in [5, 5.41) is 9.14. The molecule has 112 valence electrons. The van der Waals surface area contributed by atoms with E-state index in [1.54, 1.807) is 6.08 Å². The van der Waals surface area contributed by atoms with Gasteiger partial charge in [-0.1, -0.05) is 31.2 Å². The summed E-state index contributed by atoms with van der Waals surface area (Å²) in [6.45, 7) is 7.68. The molecule has 0 heterocycles. The fraction of sp³-hybridized carbons (Fsp3) is 0.600. The summed E-state index contributed by atoms with van der Waals surface area (Å²) in [5.74, 6) is -2.95. The van der Waals surface area contributed by atoms with E-state index in [0.717, 1.165) is 5.57 Å². The first-order chi connectivity index (χ1) is 9.45. The molecule has 1 rings (SSSR count). The Morgan fingerprint density at radius 1 is 1.50 bits per heavy atom. The topological polar surface area (TPSA) is 72.8 Å². The van der Waals surface area contributed by atoms with Crippen molar-refractivity contribution in [2.75, 3.05) is 6.61 Å². The fourth-order valence-corrected chi connectivity index (χ4v) is 2.03. The van der Waals surface area contributed by atoms with Crippen LogP contribution in [0.15, 0.2) is 24.3 Å². The first-order valence-corrected chi connectivity index (χ1v) is 6.81. The van der Waals surface area contributed by atoms with Gasteiger partial charge in [0, 0.05) is 6.42 Å². The molecule has 0 amide bonds. The Balaban J connectivity index is 2.62. The first-order valence-electron chi connectivity index (χ1n) is 6.81. The average molecular weight is 282 g/mol. The van der Waals surface area contributed by atoms with E-state index in [2.05, 4.69) is 6.58 Å². The second-order valence-corrected chi connectivity index (χ2v) is 5.02. The lowest BCUT2D eigenvalue weighted by atomic mass is 9.84. The Morgan fingerprint density at radius 3 is 2.75 bits per heavy atom. The lowest BCUT2D eigenvalue weighted by molar-refractivity contribution is -0.184. The van der Waals surface area contributed by atoms with E-state index in [-0.39, 0.29) is 0 Å². The molecule has 3 unspecified atom stereocenters. The molecule has 0 radical (unpaired) electrons. The summed E-state index contributed by atoms with van der Waals surface area (Å²) in [4.78, 5) is 23.2. The third kappa shape index (κ3) is 4.81. The molecule has 0 bridgehead atoms. The van der Waals surface area contributed by atoms with Crippen LogP contribution in [0.3, 0.4) is 0 Å². The van der Waals surface area contributed by atoms with Crippen molar-refractivity contribution < 1.29 is 24.2 Å². The third-order valence-corrected chi connectivity index (χ3v) is 3.11. The number of esters is 1. The van der Waals surface area contributed by atoms with E-state index in [1.165, 1.54) is 0 Å². The van der Waals surface area contributed by atoms with Crippen molar-refractivity contribution >= 4 is 11.9 Å². The summed E-state index contributed by atoms with van der Waals surface area (Å²) in [5.41, 5.74) is 0.834. The van der Waals surface area contributed by atoms with Crippen molar-refractivity contribution in [2.45, 2.75) is 39.4 Å². The van der Waals surface area contributed by atoms with Gasteiger partial charge in [0.2, 0.25) is 6.29 Å². The maximum atomic E-state index is 12.1. The highest BCUT2D eigenvalue weighted by molar-refractivity contribution is 5.83. The summed E-state index contributed by atoms with van der Waals surface area (Å²) in [6, 6.07) is 0. The van der Waals surface area contributed by atoms with Crippen LogP contribution in [-0.2, 0) is 19.1 Å². The minimum Gasteiger partial charge on any atom is -0.481 e. The number of carboxylic acid groups (broad SMARTS) is 1. The van der Waals surface area contributed by atoms with E-state index in [4.69, 9.17) is 14.6 Å². The zero-order valence-corrected chi connectivity index (χ0v) is 12.0. The van der Waals surface area contributed by atoms with Gasteiger partial charge >= 0.3 is 11.9 Å². The SMILES string of the molecule is C=C(C)COC(CC)OC(=O)C1C=CCCC1C(=O)O. The number of allylic oxidation sites excluding steroid dienone is 1. The van der Waals surface area contributed by atoms with Crippen LogP contribution < -0.4 is 0 Å². The lowest BCUT2D eigenvalue weighted by Gasteiger charge is -2.25. The molecule has 0 aromatic carbocycles. The number of carbonyl (C=O) groups excluding carboxylic acids is 1. The Hall–Kier alpha value is -1.62. The predicted molar refractivity (Wildman–Crippen MR) is 73.9 cm³/mol. The predicted octanol–water partition coefficient (Wildman–Crippen LogP) is 2.53. The van der Waals surface area contributed by atoms with Gasteiger partial charge in [-0.05, 0) is 19.8 Å².